The summed E-state index contributed by atoms with van der Waals surface area (Å²) in [6.45, 7) is 2.20. The van der Waals surface area contributed by atoms with Crippen LogP contribution in [0.3, 0.4) is 0 Å². The number of nitrogens with zero attached hydrogens (tertiary/aromatic N) is 5. The molecule has 1 saturated carbocycles. The molecular weight excluding hydrogens is 498 g/mol. The number of fused-ring (bicyclic) bond motifs is 1. The van der Waals surface area contributed by atoms with Gasteiger partial charge in [-0.05, 0) is 37.3 Å². The molecule has 0 radical (unpaired) electrons. The molecule has 2 amide bonds. The fourth-order valence-corrected chi connectivity index (χ4v) is 5.62. The number of hydrogen-bond acceptors (Lipinski definition) is 10. The first-order valence-electron chi connectivity index (χ1n) is 11.8. The molecule has 13 heteroatoms. The summed E-state index contributed by atoms with van der Waals surface area (Å²) < 4.78 is 1.89. The predicted octanol–water partition coefficient (Wildman–Crippen LogP) is -0.932. The molecule has 12 nitrogen and oxygen atoms in total. The number of anilines is 1. The highest BCUT2D eigenvalue weighted by Gasteiger charge is 2.53. The van der Waals surface area contributed by atoms with E-state index >= 15 is 0 Å². The number of carboxylic acid groups (broad SMARTS) is 1. The maximum Gasteiger partial charge on any atom is 0.278 e. The smallest absolute Gasteiger partial charge is 0.278 e. The number of nitrogens with one attached hydrogen (secondary N) is 1. The van der Waals surface area contributed by atoms with Gasteiger partial charge in [0.2, 0.25) is 5.71 Å². The van der Waals surface area contributed by atoms with E-state index < -0.39 is 29.2 Å². The number of aromatic nitrogens is 3. The molecule has 1 unspecified atom stereocenters. The number of aliphatic carboxylic acids is 1. The van der Waals surface area contributed by atoms with E-state index in [-0.39, 0.29) is 29.7 Å². The molecule has 2 aromatic heterocycles. The van der Waals surface area contributed by atoms with Gasteiger partial charge in [0, 0.05) is 29.7 Å². The van der Waals surface area contributed by atoms with Gasteiger partial charge in [0.1, 0.15) is 23.8 Å². The van der Waals surface area contributed by atoms with Gasteiger partial charge in [-0.1, -0.05) is 5.16 Å². The molecule has 1 aliphatic carbocycles. The van der Waals surface area contributed by atoms with Crippen molar-refractivity contribution in [2.24, 2.45) is 5.16 Å². The third-order valence-corrected chi connectivity index (χ3v) is 7.59. The lowest BCUT2D eigenvalue weighted by molar-refractivity contribution is -0.689. The van der Waals surface area contributed by atoms with Crippen LogP contribution < -0.4 is 20.7 Å². The number of pyridine rings is 1. The van der Waals surface area contributed by atoms with Crippen molar-refractivity contribution >= 4 is 41.1 Å². The largest absolute Gasteiger partial charge is 0.543 e. The lowest BCUT2D eigenvalue weighted by Crippen LogP contribution is -2.71. The zero-order chi connectivity index (χ0) is 26.1. The van der Waals surface area contributed by atoms with Gasteiger partial charge < -0.3 is 25.8 Å². The van der Waals surface area contributed by atoms with Gasteiger partial charge in [-0.15, -0.1) is 11.8 Å². The quantitative estimate of drug-likeness (QED) is 0.183. The Kier molecular flexibility index (Phi) is 6.78. The summed E-state index contributed by atoms with van der Waals surface area (Å²) in [4.78, 5) is 52.4. The predicted molar refractivity (Wildman–Crippen MR) is 130 cm³/mol. The molecule has 0 bridgehead atoms. The summed E-state index contributed by atoms with van der Waals surface area (Å²) in [7, 11) is 0. The van der Waals surface area contributed by atoms with Gasteiger partial charge in [0.25, 0.3) is 11.8 Å². The molecule has 3 N–H and O–H groups in total. The van der Waals surface area contributed by atoms with Crippen molar-refractivity contribution in [1.29, 1.82) is 0 Å². The van der Waals surface area contributed by atoms with Gasteiger partial charge in [-0.25, -0.2) is 14.5 Å². The Balaban J connectivity index is 1.32. The van der Waals surface area contributed by atoms with Crippen LogP contribution >= 0.6 is 11.8 Å². The summed E-state index contributed by atoms with van der Waals surface area (Å²) in [6.07, 6.45) is 7.60. The van der Waals surface area contributed by atoms with Crippen LogP contribution in [0.1, 0.15) is 37.1 Å². The van der Waals surface area contributed by atoms with Gasteiger partial charge >= 0.3 is 0 Å². The molecule has 5 rings (SSSR count). The number of β-lactam (4-membered cyclic amide) rings is 1. The topological polar surface area (TPSA) is 167 Å². The average molecular weight is 524 g/mol. The Labute approximate surface area is 216 Å². The first-order chi connectivity index (χ1) is 17.9. The van der Waals surface area contributed by atoms with E-state index in [1.54, 1.807) is 6.92 Å². The van der Waals surface area contributed by atoms with E-state index in [9.17, 15) is 19.5 Å². The Morgan fingerprint density at radius 1 is 1.32 bits per heavy atom. The Morgan fingerprint density at radius 3 is 2.73 bits per heavy atom. The Morgan fingerprint density at radius 2 is 2.08 bits per heavy atom. The van der Waals surface area contributed by atoms with E-state index in [4.69, 9.17) is 10.6 Å². The summed E-state index contributed by atoms with van der Waals surface area (Å²) >= 11 is 1.37. The Bertz CT molecular complexity index is 1310. The SMILES string of the molecule is CCON=C(C(=O)NC1C(=O)N2C(C(=O)[O-])=C(C[n+]3ccc(C4CC4)cc3)CS[C@@H]12)c1nccc(N)n1. The number of hydrogen-bond donors (Lipinski definition) is 2. The molecule has 2 aromatic rings. The minimum absolute atomic E-state index is 0.0618. The third kappa shape index (κ3) is 4.99. The van der Waals surface area contributed by atoms with Gasteiger partial charge in [0.15, 0.2) is 24.8 Å². The zero-order valence-electron chi connectivity index (χ0n) is 20.0. The molecule has 2 aliphatic heterocycles. The van der Waals surface area contributed by atoms with Crippen LogP contribution in [0, 0.1) is 0 Å². The van der Waals surface area contributed by atoms with Gasteiger partial charge in [0.05, 0.1) is 11.7 Å². The lowest BCUT2D eigenvalue weighted by Gasteiger charge is -2.50. The molecular formula is C24H25N7O5S. The fraction of sp³-hybridized carbons (Fsp3) is 0.375. The van der Waals surface area contributed by atoms with Crippen LogP contribution in [0.5, 0.6) is 0 Å². The number of carboxylic acids is 1. The maximum atomic E-state index is 13.0. The average Bonchev–Trinajstić information content (AvgIpc) is 3.73. The molecule has 0 aromatic carbocycles. The first-order valence-corrected chi connectivity index (χ1v) is 12.9. The normalized spacial score (nSPS) is 21.3. The van der Waals surface area contributed by atoms with Crippen LogP contribution in [0.4, 0.5) is 5.82 Å². The van der Waals surface area contributed by atoms with Crippen LogP contribution in [0.15, 0.2) is 53.2 Å². The summed E-state index contributed by atoms with van der Waals surface area (Å²) in [6, 6.07) is 4.58. The number of carbonyl (C=O) groups is 3. The van der Waals surface area contributed by atoms with Crippen molar-refractivity contribution in [1.82, 2.24) is 20.2 Å². The van der Waals surface area contributed by atoms with Gasteiger partial charge in [-0.3, -0.25) is 14.5 Å². The molecule has 3 aliphatic rings. The highest BCUT2D eigenvalue weighted by molar-refractivity contribution is 8.00. The van der Waals surface area contributed by atoms with Crippen molar-refractivity contribution in [2.45, 2.75) is 43.6 Å². The number of thioether (sulfide) groups is 1. The second kappa shape index (κ2) is 10.2. The molecule has 4 heterocycles. The molecule has 37 heavy (non-hydrogen) atoms. The monoisotopic (exact) mass is 523 g/mol. The van der Waals surface area contributed by atoms with Crippen LogP contribution in [-0.4, -0.2) is 62.1 Å². The van der Waals surface area contributed by atoms with E-state index in [1.807, 2.05) is 29.1 Å². The Hall–Kier alpha value is -4.00. The summed E-state index contributed by atoms with van der Waals surface area (Å²) in [5.74, 6) is -1.68. The van der Waals surface area contributed by atoms with Crippen molar-refractivity contribution < 1.29 is 28.9 Å². The third-order valence-electron chi connectivity index (χ3n) is 6.26. The fourth-order valence-electron chi connectivity index (χ4n) is 4.29. The van der Waals surface area contributed by atoms with E-state index in [0.29, 0.717) is 23.8 Å². The number of carbonyl (C=O) groups excluding carboxylic acids is 3. The highest BCUT2D eigenvalue weighted by atomic mass is 32.2. The highest BCUT2D eigenvalue weighted by Crippen LogP contribution is 2.41. The van der Waals surface area contributed by atoms with Gasteiger partial charge in [-0.2, -0.15) is 0 Å². The molecule has 1 saturated heterocycles. The standard InChI is InChI=1S/C24H25N7O5S/c1-2-36-29-17(20-26-8-5-16(25)27-20)21(32)28-18-22(33)31-19(24(34)35)15(12-37-23(18)31)11-30-9-6-14(7-10-30)13-3-4-13/h5-10,13,18,23H,2-4,11-12H2,1H3,(H3-,25,26,27,28,32,34,35)/t18?,23-/m0/s1. The van der Waals surface area contributed by atoms with Crippen LogP contribution in [0.2, 0.25) is 0 Å². The first kappa shape index (κ1) is 24.7. The second-order valence-corrected chi connectivity index (χ2v) is 9.95. The van der Waals surface area contributed by atoms with Crippen LogP contribution in [-0.2, 0) is 25.8 Å². The van der Waals surface area contributed by atoms with E-state index in [2.05, 4.69) is 20.4 Å². The summed E-state index contributed by atoms with van der Waals surface area (Å²) in [5.41, 5.74) is 7.14. The maximum absolute atomic E-state index is 13.0. The molecule has 2 fully saturated rings. The molecule has 2 atom stereocenters. The van der Waals surface area contributed by atoms with Crippen LogP contribution in [0.25, 0.3) is 0 Å². The van der Waals surface area contributed by atoms with E-state index in [0.717, 1.165) is 0 Å². The molecule has 192 valence electrons. The second-order valence-electron chi connectivity index (χ2n) is 8.84. The minimum atomic E-state index is -1.43. The zero-order valence-corrected chi connectivity index (χ0v) is 20.8. The van der Waals surface area contributed by atoms with Crippen molar-refractivity contribution in [3.05, 3.63) is 59.4 Å². The number of rotatable bonds is 9. The lowest BCUT2D eigenvalue weighted by atomic mass is 10.0. The van der Waals surface area contributed by atoms with E-state index in [1.165, 1.54) is 47.3 Å². The number of nitrogens with two attached hydrogens (primary N) is 1. The minimum Gasteiger partial charge on any atom is -0.543 e. The number of amides is 2. The number of oxime groups is 1. The van der Waals surface area contributed by atoms with Crippen molar-refractivity contribution in [3.63, 3.8) is 0 Å². The van der Waals surface area contributed by atoms with Crippen molar-refractivity contribution in [2.75, 3.05) is 18.1 Å². The number of nitrogen functional groups attached to an aromatic ring is 1. The van der Waals surface area contributed by atoms with Crippen molar-refractivity contribution in [3.8, 4) is 0 Å². The molecule has 0 spiro atoms. The summed E-state index contributed by atoms with van der Waals surface area (Å²) in [5, 5.41) is 17.9.